The van der Waals surface area contributed by atoms with Gasteiger partial charge >= 0.3 is 6.29 Å². The van der Waals surface area contributed by atoms with Gasteiger partial charge in [0.1, 0.15) is 0 Å². The minimum absolute atomic E-state index is 0.0710. The minimum Gasteiger partial charge on any atom is -0.395 e. The molecule has 0 aromatic heterocycles. The van der Waals surface area contributed by atoms with Gasteiger partial charge in [-0.2, -0.15) is 0 Å². The maximum Gasteiger partial charge on any atom is 0.586 e. The van der Waals surface area contributed by atoms with Gasteiger partial charge in [0.15, 0.2) is 11.5 Å². The molecular formula is C11H14F2N2O4S. The molecule has 6 nitrogen and oxygen atoms in total. The standard InChI is InChI=1S/C11H14F2N2O4S/c1-14-5-2-6-20(16,17)15-8-3-4-9-10(7-8)19-11(12,13)18-9/h3-4,7,14-15H,2,5-6H2,1H3. The van der Waals surface area contributed by atoms with Gasteiger partial charge in [-0.05, 0) is 32.1 Å². The van der Waals surface area contributed by atoms with Crippen molar-refractivity contribution in [3.05, 3.63) is 18.2 Å². The van der Waals surface area contributed by atoms with E-state index in [1.807, 2.05) is 0 Å². The molecule has 0 spiro atoms. The predicted molar refractivity (Wildman–Crippen MR) is 68.6 cm³/mol. The highest BCUT2D eigenvalue weighted by molar-refractivity contribution is 7.92. The molecule has 1 aromatic rings. The SMILES string of the molecule is CNCCCS(=O)(=O)Nc1ccc2c(c1)OC(F)(F)O2. The second kappa shape index (κ2) is 5.41. The fourth-order valence-electron chi connectivity index (χ4n) is 1.68. The van der Waals surface area contributed by atoms with Crippen LogP contribution in [-0.4, -0.2) is 34.1 Å². The van der Waals surface area contributed by atoms with E-state index in [-0.39, 0.29) is 22.9 Å². The van der Waals surface area contributed by atoms with Crippen LogP contribution >= 0.6 is 0 Å². The summed E-state index contributed by atoms with van der Waals surface area (Å²) >= 11 is 0. The van der Waals surface area contributed by atoms with Crippen LogP contribution in [0.2, 0.25) is 0 Å². The van der Waals surface area contributed by atoms with Crippen molar-refractivity contribution in [3.63, 3.8) is 0 Å². The maximum atomic E-state index is 12.8. The second-order valence-corrected chi connectivity index (χ2v) is 6.05. The van der Waals surface area contributed by atoms with Gasteiger partial charge in [-0.3, -0.25) is 4.72 Å². The van der Waals surface area contributed by atoms with E-state index in [1.54, 1.807) is 7.05 Å². The average Bonchev–Trinajstić information content (AvgIpc) is 2.62. The summed E-state index contributed by atoms with van der Waals surface area (Å²) in [4.78, 5) is 0. The third-order valence-electron chi connectivity index (χ3n) is 2.51. The van der Waals surface area contributed by atoms with E-state index in [4.69, 9.17) is 0 Å². The molecule has 1 aliphatic heterocycles. The lowest BCUT2D eigenvalue weighted by Gasteiger charge is -2.08. The van der Waals surface area contributed by atoms with Crippen molar-refractivity contribution in [2.75, 3.05) is 24.1 Å². The van der Waals surface area contributed by atoms with Crippen LogP contribution in [0.1, 0.15) is 6.42 Å². The molecule has 1 heterocycles. The van der Waals surface area contributed by atoms with E-state index in [9.17, 15) is 17.2 Å². The Balaban J connectivity index is 2.05. The van der Waals surface area contributed by atoms with Crippen molar-refractivity contribution < 1.29 is 26.7 Å². The number of alkyl halides is 2. The summed E-state index contributed by atoms with van der Waals surface area (Å²) < 4.78 is 59.9. The lowest BCUT2D eigenvalue weighted by Crippen LogP contribution is -2.25. The van der Waals surface area contributed by atoms with Gasteiger partial charge in [-0.1, -0.05) is 0 Å². The topological polar surface area (TPSA) is 76.7 Å². The van der Waals surface area contributed by atoms with Gasteiger partial charge in [-0.25, -0.2) is 8.42 Å². The van der Waals surface area contributed by atoms with Crippen molar-refractivity contribution in [2.45, 2.75) is 12.7 Å². The number of fused-ring (bicyclic) bond motifs is 1. The molecule has 2 rings (SSSR count). The Kier molecular flexibility index (Phi) is 4.00. The first kappa shape index (κ1) is 14.8. The van der Waals surface area contributed by atoms with E-state index in [1.165, 1.54) is 12.1 Å². The highest BCUT2D eigenvalue weighted by Crippen LogP contribution is 2.42. The number of hydrogen-bond donors (Lipinski definition) is 2. The molecule has 112 valence electrons. The number of rotatable bonds is 6. The molecule has 9 heteroatoms. The Labute approximate surface area is 115 Å². The smallest absolute Gasteiger partial charge is 0.395 e. The molecule has 0 radical (unpaired) electrons. The molecule has 0 fully saturated rings. The van der Waals surface area contributed by atoms with Crippen LogP contribution in [0.4, 0.5) is 14.5 Å². The zero-order valence-corrected chi connectivity index (χ0v) is 11.5. The summed E-state index contributed by atoms with van der Waals surface area (Å²) in [6.45, 7) is 0.564. The summed E-state index contributed by atoms with van der Waals surface area (Å²) in [7, 11) is -1.81. The summed E-state index contributed by atoms with van der Waals surface area (Å²) in [5.74, 6) is -0.406. The fourth-order valence-corrected chi connectivity index (χ4v) is 2.79. The largest absolute Gasteiger partial charge is 0.586 e. The summed E-state index contributed by atoms with van der Waals surface area (Å²) in [5, 5.41) is 2.84. The highest BCUT2D eigenvalue weighted by atomic mass is 32.2. The van der Waals surface area contributed by atoms with Crippen molar-refractivity contribution in [2.24, 2.45) is 0 Å². The molecule has 0 aliphatic carbocycles. The number of ether oxygens (including phenoxy) is 2. The van der Waals surface area contributed by atoms with Gasteiger partial charge in [-0.15, -0.1) is 8.78 Å². The number of nitrogens with one attached hydrogen (secondary N) is 2. The highest BCUT2D eigenvalue weighted by Gasteiger charge is 2.43. The number of halogens is 2. The Morgan fingerprint density at radius 3 is 2.65 bits per heavy atom. The van der Waals surface area contributed by atoms with Gasteiger partial charge < -0.3 is 14.8 Å². The van der Waals surface area contributed by atoms with Crippen molar-refractivity contribution >= 4 is 15.7 Å². The molecule has 20 heavy (non-hydrogen) atoms. The van der Waals surface area contributed by atoms with Crippen LogP contribution in [0.25, 0.3) is 0 Å². The van der Waals surface area contributed by atoms with E-state index >= 15 is 0 Å². The average molecular weight is 308 g/mol. The number of sulfonamides is 1. The van der Waals surface area contributed by atoms with E-state index in [2.05, 4.69) is 19.5 Å². The molecule has 0 amide bonds. The van der Waals surface area contributed by atoms with E-state index in [0.717, 1.165) is 6.07 Å². The van der Waals surface area contributed by atoms with Crippen LogP contribution < -0.4 is 19.5 Å². The minimum atomic E-state index is -3.72. The number of benzene rings is 1. The van der Waals surface area contributed by atoms with Gasteiger partial charge in [0.25, 0.3) is 0 Å². The monoisotopic (exact) mass is 308 g/mol. The fraction of sp³-hybridized carbons (Fsp3) is 0.455. The first-order valence-corrected chi connectivity index (χ1v) is 7.51. The van der Waals surface area contributed by atoms with Gasteiger partial charge in [0, 0.05) is 6.07 Å². The van der Waals surface area contributed by atoms with Crippen LogP contribution in [0, 0.1) is 0 Å². The lowest BCUT2D eigenvalue weighted by atomic mass is 10.3. The second-order valence-electron chi connectivity index (χ2n) is 4.21. The zero-order chi connectivity index (χ0) is 14.8. The zero-order valence-electron chi connectivity index (χ0n) is 10.7. The Hall–Kier alpha value is -1.61. The van der Waals surface area contributed by atoms with E-state index in [0.29, 0.717) is 13.0 Å². The van der Waals surface area contributed by atoms with Gasteiger partial charge in [0.2, 0.25) is 10.0 Å². The van der Waals surface area contributed by atoms with Crippen molar-refractivity contribution in [3.8, 4) is 11.5 Å². The van der Waals surface area contributed by atoms with Crippen LogP contribution in [0.15, 0.2) is 18.2 Å². The first-order chi connectivity index (χ1) is 9.31. The van der Waals surface area contributed by atoms with Gasteiger partial charge in [0.05, 0.1) is 11.4 Å². The molecule has 1 aliphatic rings. The summed E-state index contributed by atoms with van der Waals surface area (Å²) in [6.07, 6.45) is -3.28. The van der Waals surface area contributed by atoms with Crippen LogP contribution in [0.5, 0.6) is 11.5 Å². The summed E-state index contributed by atoms with van der Waals surface area (Å²) in [5.41, 5.74) is 0.148. The van der Waals surface area contributed by atoms with Crippen LogP contribution in [0.3, 0.4) is 0 Å². The Morgan fingerprint density at radius 2 is 1.95 bits per heavy atom. The quantitative estimate of drug-likeness (QED) is 0.776. The molecule has 0 atom stereocenters. The molecule has 0 unspecified atom stereocenters. The van der Waals surface area contributed by atoms with Crippen LogP contribution in [-0.2, 0) is 10.0 Å². The third-order valence-corrected chi connectivity index (χ3v) is 3.89. The maximum absolute atomic E-state index is 12.8. The van der Waals surface area contributed by atoms with E-state index < -0.39 is 16.3 Å². The number of anilines is 1. The molecule has 1 aromatic carbocycles. The summed E-state index contributed by atoms with van der Waals surface area (Å²) in [6, 6.07) is 3.72. The predicted octanol–water partition coefficient (Wildman–Crippen LogP) is 1.36. The molecular weight excluding hydrogens is 294 g/mol. The molecule has 0 bridgehead atoms. The van der Waals surface area contributed by atoms with Crippen molar-refractivity contribution in [1.82, 2.24) is 5.32 Å². The molecule has 2 N–H and O–H groups in total. The number of hydrogen-bond acceptors (Lipinski definition) is 5. The normalized spacial score (nSPS) is 16.1. The Morgan fingerprint density at radius 1 is 1.25 bits per heavy atom. The Bertz CT molecular complexity index is 592. The third kappa shape index (κ3) is 3.70. The lowest BCUT2D eigenvalue weighted by molar-refractivity contribution is -0.286. The molecule has 0 saturated heterocycles. The molecule has 0 saturated carbocycles. The first-order valence-electron chi connectivity index (χ1n) is 5.86. The van der Waals surface area contributed by atoms with Crippen molar-refractivity contribution in [1.29, 1.82) is 0 Å².